The molecule has 1 aromatic heterocycles. The average Bonchev–Trinajstić information content (AvgIpc) is 2.70. The third kappa shape index (κ3) is 3.39. The molecule has 0 aliphatic carbocycles. The fourth-order valence-electron chi connectivity index (χ4n) is 4.06. The van der Waals surface area contributed by atoms with Gasteiger partial charge in [0, 0.05) is 49.0 Å². The van der Waals surface area contributed by atoms with Crippen LogP contribution in [-0.2, 0) is 6.54 Å². The van der Waals surface area contributed by atoms with Gasteiger partial charge in [-0.3, -0.25) is 9.88 Å². The third-order valence-electron chi connectivity index (χ3n) is 5.50. The largest absolute Gasteiger partial charge is 0.366 e. The Morgan fingerprint density at radius 3 is 2.59 bits per heavy atom. The number of hydrogen-bond acceptors (Lipinski definition) is 3. The van der Waals surface area contributed by atoms with Crippen LogP contribution in [0.15, 0.2) is 60.8 Å². The molecule has 4 heteroatoms. The first kappa shape index (κ1) is 17.5. The molecule has 0 spiro atoms. The number of piperazine rings is 1. The lowest BCUT2D eigenvalue weighted by molar-refractivity contribution is 0.158. The van der Waals surface area contributed by atoms with Crippen LogP contribution in [0.3, 0.4) is 0 Å². The number of benzene rings is 2. The summed E-state index contributed by atoms with van der Waals surface area (Å²) in [5, 5.41) is 1.07. The van der Waals surface area contributed by atoms with Crippen LogP contribution in [0.2, 0.25) is 0 Å². The van der Waals surface area contributed by atoms with Crippen molar-refractivity contribution in [1.29, 1.82) is 0 Å². The quantitative estimate of drug-likeness (QED) is 0.625. The molecule has 0 radical (unpaired) electrons. The fraction of sp³-hybridized carbons (Fsp3) is 0.304. The molecule has 0 unspecified atom stereocenters. The Labute approximate surface area is 160 Å². The highest BCUT2D eigenvalue weighted by atomic mass is 15.3. The highest BCUT2D eigenvalue weighted by Gasteiger charge is 2.30. The summed E-state index contributed by atoms with van der Waals surface area (Å²) in [5.41, 5.74) is 3.97. The first-order valence-electron chi connectivity index (χ1n) is 9.47. The molecule has 27 heavy (non-hydrogen) atoms. The summed E-state index contributed by atoms with van der Waals surface area (Å²) >= 11 is 0. The summed E-state index contributed by atoms with van der Waals surface area (Å²) in [4.78, 5) is 13.1. The minimum absolute atomic E-state index is 0.395. The Hall–Kier alpha value is -2.90. The van der Waals surface area contributed by atoms with E-state index in [0.717, 1.165) is 30.5 Å². The first-order valence-corrected chi connectivity index (χ1v) is 9.47. The van der Waals surface area contributed by atoms with Crippen LogP contribution in [0.4, 0.5) is 11.4 Å². The number of hydrogen-bond donors (Lipinski definition) is 0. The molecule has 2 atom stereocenters. The second kappa shape index (κ2) is 7.38. The Kier molecular flexibility index (Phi) is 4.79. The van der Waals surface area contributed by atoms with Crippen molar-refractivity contribution in [3.05, 3.63) is 77.8 Å². The van der Waals surface area contributed by atoms with E-state index in [1.54, 1.807) is 6.20 Å². The van der Waals surface area contributed by atoms with Crippen LogP contribution in [0.25, 0.3) is 15.7 Å². The van der Waals surface area contributed by atoms with Crippen molar-refractivity contribution in [3.63, 3.8) is 0 Å². The molecule has 4 rings (SSSR count). The van der Waals surface area contributed by atoms with Gasteiger partial charge in [-0.2, -0.15) is 0 Å². The molecular weight excluding hydrogens is 332 g/mol. The van der Waals surface area contributed by atoms with E-state index in [0.29, 0.717) is 17.8 Å². The smallest absolute Gasteiger partial charge is 0.213 e. The van der Waals surface area contributed by atoms with Crippen molar-refractivity contribution in [2.45, 2.75) is 32.5 Å². The lowest BCUT2D eigenvalue weighted by atomic mass is 10.0. The van der Waals surface area contributed by atoms with Gasteiger partial charge in [0.2, 0.25) is 5.69 Å². The predicted molar refractivity (Wildman–Crippen MR) is 111 cm³/mol. The molecule has 3 aromatic rings. The summed E-state index contributed by atoms with van der Waals surface area (Å²) in [5.74, 6) is 0. The predicted octanol–water partition coefficient (Wildman–Crippen LogP) is 4.88. The summed E-state index contributed by atoms with van der Waals surface area (Å²) in [6.45, 7) is 15.0. The van der Waals surface area contributed by atoms with E-state index in [1.807, 2.05) is 12.1 Å². The zero-order valence-corrected chi connectivity index (χ0v) is 15.8. The third-order valence-corrected chi connectivity index (χ3v) is 5.50. The minimum atomic E-state index is 0.395. The molecule has 136 valence electrons. The molecule has 0 saturated carbocycles. The van der Waals surface area contributed by atoms with Gasteiger partial charge in [0.25, 0.3) is 0 Å². The SMILES string of the molecule is [C-]#[N+]c1ccc(N2C[C@@H](C)N(Cc3ccccc3)C[C@@H]2C)c2cccnc12. The normalized spacial score (nSPS) is 20.6. The summed E-state index contributed by atoms with van der Waals surface area (Å²) in [7, 11) is 0. The van der Waals surface area contributed by atoms with Crippen molar-refractivity contribution in [1.82, 2.24) is 9.88 Å². The average molecular weight is 356 g/mol. The summed E-state index contributed by atoms with van der Waals surface area (Å²) in [6.07, 6.45) is 1.77. The molecule has 0 bridgehead atoms. The van der Waals surface area contributed by atoms with Gasteiger partial charge < -0.3 is 4.90 Å². The van der Waals surface area contributed by atoms with Gasteiger partial charge in [-0.05, 0) is 31.5 Å². The standard InChI is InChI=1S/C23H24N4/c1-17-15-27(18(2)14-26(17)16-19-8-5-4-6-9-19)22-12-11-21(24-3)23-20(22)10-7-13-25-23/h4-13,17-18H,14-16H2,1-2H3/t17-,18+/m1/s1. The number of aromatic nitrogens is 1. The Bertz CT molecular complexity index is 977. The first-order chi connectivity index (χ1) is 13.2. The van der Waals surface area contributed by atoms with Gasteiger partial charge in [0.05, 0.1) is 12.1 Å². The molecule has 4 nitrogen and oxygen atoms in total. The highest BCUT2D eigenvalue weighted by Crippen LogP contribution is 2.35. The van der Waals surface area contributed by atoms with Gasteiger partial charge >= 0.3 is 0 Å². The molecule has 1 fully saturated rings. The van der Waals surface area contributed by atoms with Crippen molar-refractivity contribution < 1.29 is 0 Å². The number of rotatable bonds is 3. The van der Waals surface area contributed by atoms with Gasteiger partial charge in [0.1, 0.15) is 0 Å². The zero-order chi connectivity index (χ0) is 18.8. The fourth-order valence-corrected chi connectivity index (χ4v) is 4.06. The number of nitrogens with zero attached hydrogens (tertiary/aromatic N) is 4. The van der Waals surface area contributed by atoms with Crippen molar-refractivity contribution in [2.24, 2.45) is 0 Å². The second-order valence-corrected chi connectivity index (χ2v) is 7.38. The Balaban J connectivity index is 1.62. The maximum atomic E-state index is 7.41. The molecule has 1 aliphatic heterocycles. The highest BCUT2D eigenvalue weighted by molar-refractivity contribution is 5.99. The molecule has 1 aliphatic rings. The molecule has 2 aromatic carbocycles. The van der Waals surface area contributed by atoms with Crippen LogP contribution in [0.1, 0.15) is 19.4 Å². The van der Waals surface area contributed by atoms with Gasteiger partial charge in [0.15, 0.2) is 0 Å². The molecule has 0 amide bonds. The number of anilines is 1. The monoisotopic (exact) mass is 356 g/mol. The maximum Gasteiger partial charge on any atom is 0.213 e. The molecule has 2 heterocycles. The summed E-state index contributed by atoms with van der Waals surface area (Å²) in [6, 6.07) is 19.6. The molecule has 0 N–H and O–H groups in total. The molecular formula is C23H24N4. The number of fused-ring (bicyclic) bond motifs is 1. The van der Waals surface area contributed by atoms with Crippen LogP contribution in [0, 0.1) is 6.57 Å². The van der Waals surface area contributed by atoms with E-state index in [4.69, 9.17) is 6.57 Å². The number of pyridine rings is 1. The molecule has 1 saturated heterocycles. The maximum absolute atomic E-state index is 7.41. The van der Waals surface area contributed by atoms with Gasteiger partial charge in [-0.25, -0.2) is 4.85 Å². The van der Waals surface area contributed by atoms with Crippen LogP contribution in [0.5, 0.6) is 0 Å². The van der Waals surface area contributed by atoms with Gasteiger partial charge in [-0.1, -0.05) is 42.5 Å². The van der Waals surface area contributed by atoms with E-state index in [2.05, 4.69) is 75.9 Å². The minimum Gasteiger partial charge on any atom is -0.366 e. The van der Waals surface area contributed by atoms with E-state index < -0.39 is 0 Å². The lowest BCUT2D eigenvalue weighted by Gasteiger charge is -2.45. The van der Waals surface area contributed by atoms with Crippen LogP contribution in [-0.4, -0.2) is 35.1 Å². The van der Waals surface area contributed by atoms with Crippen molar-refractivity contribution >= 4 is 22.3 Å². The van der Waals surface area contributed by atoms with Crippen molar-refractivity contribution in [2.75, 3.05) is 18.0 Å². The van der Waals surface area contributed by atoms with Crippen LogP contribution < -0.4 is 4.90 Å². The Morgan fingerprint density at radius 1 is 1.00 bits per heavy atom. The van der Waals surface area contributed by atoms with Crippen LogP contribution >= 0.6 is 0 Å². The lowest BCUT2D eigenvalue weighted by Crippen LogP contribution is -2.56. The van der Waals surface area contributed by atoms with E-state index in [-0.39, 0.29) is 0 Å². The van der Waals surface area contributed by atoms with E-state index in [9.17, 15) is 0 Å². The second-order valence-electron chi connectivity index (χ2n) is 7.38. The van der Waals surface area contributed by atoms with E-state index >= 15 is 0 Å². The topological polar surface area (TPSA) is 23.7 Å². The summed E-state index contributed by atoms with van der Waals surface area (Å²) < 4.78 is 0. The van der Waals surface area contributed by atoms with Crippen molar-refractivity contribution in [3.8, 4) is 0 Å². The Morgan fingerprint density at radius 2 is 1.81 bits per heavy atom. The van der Waals surface area contributed by atoms with E-state index in [1.165, 1.54) is 11.3 Å². The van der Waals surface area contributed by atoms with Gasteiger partial charge in [-0.15, -0.1) is 0 Å². The zero-order valence-electron chi connectivity index (χ0n) is 15.8.